The molecule has 0 bridgehead atoms. The van der Waals surface area contributed by atoms with Crippen molar-refractivity contribution in [2.45, 2.75) is 43.8 Å². The first kappa shape index (κ1) is 22.8. The molecule has 3 atom stereocenters. The number of carboxylic acids is 2. The zero-order valence-electron chi connectivity index (χ0n) is 13.6. The van der Waals surface area contributed by atoms with E-state index in [1.165, 1.54) is 0 Å². The van der Waals surface area contributed by atoms with Gasteiger partial charge in [0.2, 0.25) is 23.6 Å². The molecule has 0 saturated heterocycles. The fourth-order valence-corrected chi connectivity index (χ4v) is 1.77. The Balaban J connectivity index is 5.05. The van der Waals surface area contributed by atoms with Crippen molar-refractivity contribution in [2.75, 3.05) is 0 Å². The summed E-state index contributed by atoms with van der Waals surface area (Å²) in [6.07, 6.45) is -2.02. The summed E-state index contributed by atoms with van der Waals surface area (Å²) in [5, 5.41) is 21.5. The molecule has 10 N–H and O–H groups in total. The molecule has 0 heterocycles. The molecule has 3 unspecified atom stereocenters. The molecule has 13 nitrogen and oxygen atoms in total. The fourth-order valence-electron chi connectivity index (χ4n) is 1.77. The summed E-state index contributed by atoms with van der Waals surface area (Å²) in [6, 6.07) is -4.52. The van der Waals surface area contributed by atoms with Gasteiger partial charge < -0.3 is 38.0 Å². The number of hydrogen-bond donors (Lipinski definition) is 7. The van der Waals surface area contributed by atoms with Gasteiger partial charge in [-0.2, -0.15) is 0 Å². The minimum absolute atomic E-state index is 0.231. The average Bonchev–Trinajstić information content (AvgIpc) is 2.49. The van der Waals surface area contributed by atoms with Gasteiger partial charge in [0, 0.05) is 6.42 Å². The SMILES string of the molecule is NC(=O)CC(NC(=O)C(CC(N)=O)NC(=O)C(N)CCC(=O)O)C(=O)O. The van der Waals surface area contributed by atoms with Crippen LogP contribution in [0.5, 0.6) is 0 Å². The second-order valence-corrected chi connectivity index (χ2v) is 5.34. The maximum Gasteiger partial charge on any atom is 0.326 e. The van der Waals surface area contributed by atoms with Crippen molar-refractivity contribution in [2.24, 2.45) is 17.2 Å². The van der Waals surface area contributed by atoms with E-state index in [-0.39, 0.29) is 6.42 Å². The van der Waals surface area contributed by atoms with Crippen molar-refractivity contribution in [3.63, 3.8) is 0 Å². The predicted octanol–water partition coefficient (Wildman–Crippen LogP) is -4.02. The van der Waals surface area contributed by atoms with Crippen molar-refractivity contribution in [3.05, 3.63) is 0 Å². The third-order valence-electron chi connectivity index (χ3n) is 3.06. The van der Waals surface area contributed by atoms with Crippen LogP contribution in [0.3, 0.4) is 0 Å². The van der Waals surface area contributed by atoms with Crippen molar-refractivity contribution >= 4 is 35.6 Å². The topological polar surface area (TPSA) is 245 Å². The predicted molar refractivity (Wildman–Crippen MR) is 84.0 cm³/mol. The molecule has 0 radical (unpaired) electrons. The molecule has 0 spiro atoms. The molecule has 0 aromatic heterocycles. The number of rotatable bonds is 12. The van der Waals surface area contributed by atoms with Crippen LogP contribution in [0.4, 0.5) is 0 Å². The number of carboxylic acid groups (broad SMARTS) is 2. The molecular formula is C13H21N5O8. The molecule has 0 aliphatic rings. The normalized spacial score (nSPS) is 13.7. The van der Waals surface area contributed by atoms with Gasteiger partial charge in [-0.05, 0) is 6.42 Å². The Morgan fingerprint density at radius 2 is 1.27 bits per heavy atom. The van der Waals surface area contributed by atoms with E-state index in [0.29, 0.717) is 0 Å². The third kappa shape index (κ3) is 9.17. The van der Waals surface area contributed by atoms with Gasteiger partial charge >= 0.3 is 11.9 Å². The van der Waals surface area contributed by atoms with Crippen LogP contribution in [0.15, 0.2) is 0 Å². The first-order valence-corrected chi connectivity index (χ1v) is 7.31. The van der Waals surface area contributed by atoms with E-state index < -0.39 is 73.0 Å². The Morgan fingerprint density at radius 1 is 0.808 bits per heavy atom. The number of hydrogen-bond acceptors (Lipinski definition) is 7. The second kappa shape index (κ2) is 10.6. The van der Waals surface area contributed by atoms with E-state index in [9.17, 15) is 28.8 Å². The Bertz CT molecular complexity index is 593. The van der Waals surface area contributed by atoms with Crippen LogP contribution in [0, 0.1) is 0 Å². The molecule has 0 fully saturated rings. The minimum atomic E-state index is -1.67. The standard InChI is InChI=1S/C13H21N5O8/c14-5(1-2-10(21)22)11(23)17-6(3-8(15)19)12(24)18-7(13(25)26)4-9(16)20/h5-7H,1-4,14H2,(H2,15,19)(H2,16,20)(H,17,23)(H,18,24)(H,21,22)(H,25,26). The Kier molecular flexibility index (Phi) is 9.29. The van der Waals surface area contributed by atoms with Crippen LogP contribution in [-0.4, -0.2) is 63.9 Å². The van der Waals surface area contributed by atoms with E-state index >= 15 is 0 Å². The van der Waals surface area contributed by atoms with Crippen LogP contribution in [0.25, 0.3) is 0 Å². The van der Waals surface area contributed by atoms with Gasteiger partial charge in [-0.3, -0.25) is 24.0 Å². The summed E-state index contributed by atoms with van der Waals surface area (Å²) in [7, 11) is 0. The highest BCUT2D eigenvalue weighted by Crippen LogP contribution is 2.00. The number of primary amides is 2. The van der Waals surface area contributed by atoms with E-state index in [1.807, 2.05) is 5.32 Å². The summed E-state index contributed by atoms with van der Waals surface area (Å²) in [6.45, 7) is 0. The van der Waals surface area contributed by atoms with Crippen molar-refractivity contribution in [3.8, 4) is 0 Å². The van der Waals surface area contributed by atoms with Gasteiger partial charge in [-0.25, -0.2) is 4.79 Å². The summed E-state index contributed by atoms with van der Waals surface area (Å²) in [5.74, 6) is -6.75. The molecule has 146 valence electrons. The first-order valence-electron chi connectivity index (χ1n) is 7.31. The van der Waals surface area contributed by atoms with E-state index in [1.54, 1.807) is 0 Å². The van der Waals surface area contributed by atoms with Crippen molar-refractivity contribution in [1.29, 1.82) is 0 Å². The molecule has 0 rings (SSSR count). The molecule has 0 aliphatic carbocycles. The molecule has 0 aliphatic heterocycles. The lowest BCUT2D eigenvalue weighted by Crippen LogP contribution is -2.55. The molecule has 4 amide bonds. The van der Waals surface area contributed by atoms with E-state index in [0.717, 1.165) is 0 Å². The van der Waals surface area contributed by atoms with Gasteiger partial charge in [0.05, 0.1) is 18.9 Å². The number of amides is 4. The van der Waals surface area contributed by atoms with Gasteiger partial charge in [-0.1, -0.05) is 0 Å². The summed E-state index contributed by atoms with van der Waals surface area (Å²) < 4.78 is 0. The summed E-state index contributed by atoms with van der Waals surface area (Å²) >= 11 is 0. The zero-order valence-corrected chi connectivity index (χ0v) is 13.6. The smallest absolute Gasteiger partial charge is 0.326 e. The van der Waals surface area contributed by atoms with Crippen molar-refractivity contribution in [1.82, 2.24) is 10.6 Å². The monoisotopic (exact) mass is 375 g/mol. The Morgan fingerprint density at radius 3 is 1.69 bits per heavy atom. The average molecular weight is 375 g/mol. The largest absolute Gasteiger partial charge is 0.481 e. The van der Waals surface area contributed by atoms with E-state index in [2.05, 4.69) is 5.32 Å². The Labute approximate surface area is 147 Å². The maximum atomic E-state index is 12.1. The third-order valence-corrected chi connectivity index (χ3v) is 3.06. The number of nitrogens with one attached hydrogen (secondary N) is 2. The van der Waals surface area contributed by atoms with Crippen LogP contribution in [0.2, 0.25) is 0 Å². The minimum Gasteiger partial charge on any atom is -0.481 e. The van der Waals surface area contributed by atoms with Gasteiger partial charge in [-0.15, -0.1) is 0 Å². The molecule has 13 heteroatoms. The number of carbonyl (C=O) groups is 6. The first-order chi connectivity index (χ1) is 11.9. The van der Waals surface area contributed by atoms with Crippen LogP contribution >= 0.6 is 0 Å². The lowest BCUT2D eigenvalue weighted by Gasteiger charge is -2.21. The lowest BCUT2D eigenvalue weighted by molar-refractivity contribution is -0.143. The zero-order chi connectivity index (χ0) is 20.4. The Hall–Kier alpha value is -3.22. The molecule has 26 heavy (non-hydrogen) atoms. The summed E-state index contributed by atoms with van der Waals surface area (Å²) in [4.78, 5) is 67.4. The molecule has 0 aromatic carbocycles. The molecule has 0 aromatic rings. The highest BCUT2D eigenvalue weighted by atomic mass is 16.4. The highest BCUT2D eigenvalue weighted by molar-refractivity contribution is 5.95. The second-order valence-electron chi connectivity index (χ2n) is 5.34. The van der Waals surface area contributed by atoms with Crippen LogP contribution in [0.1, 0.15) is 25.7 Å². The maximum absolute atomic E-state index is 12.1. The molecule has 0 saturated carbocycles. The van der Waals surface area contributed by atoms with Gasteiger partial charge in [0.15, 0.2) is 0 Å². The van der Waals surface area contributed by atoms with Crippen LogP contribution in [-0.2, 0) is 28.8 Å². The quantitative estimate of drug-likeness (QED) is 0.175. The van der Waals surface area contributed by atoms with Gasteiger partial charge in [0.1, 0.15) is 12.1 Å². The van der Waals surface area contributed by atoms with E-state index in [4.69, 9.17) is 27.4 Å². The number of aliphatic carboxylic acids is 2. The van der Waals surface area contributed by atoms with Gasteiger partial charge in [0.25, 0.3) is 0 Å². The number of nitrogens with two attached hydrogens (primary N) is 3. The fraction of sp³-hybridized carbons (Fsp3) is 0.538. The number of carbonyl (C=O) groups excluding carboxylic acids is 4. The summed E-state index contributed by atoms with van der Waals surface area (Å²) in [5.41, 5.74) is 15.3. The van der Waals surface area contributed by atoms with Crippen LogP contribution < -0.4 is 27.8 Å². The molecular weight excluding hydrogens is 354 g/mol. The van der Waals surface area contributed by atoms with Crippen molar-refractivity contribution < 1.29 is 39.0 Å². The lowest BCUT2D eigenvalue weighted by atomic mass is 10.1. The highest BCUT2D eigenvalue weighted by Gasteiger charge is 2.29.